The van der Waals surface area contributed by atoms with Crippen LogP contribution >= 0.6 is 0 Å². The van der Waals surface area contributed by atoms with Crippen molar-refractivity contribution in [2.24, 2.45) is 5.14 Å². The van der Waals surface area contributed by atoms with Crippen molar-refractivity contribution in [3.8, 4) is 0 Å². The topological polar surface area (TPSA) is 86.5 Å². The second-order valence-electron chi connectivity index (χ2n) is 7.01. The standard InChI is InChI=1S/C20H21NO4S/c1-12-5-6-15(11-13(12)2)17-18(25-20(3,4)19(17)22)14-7-9-16(10-8-14)26(21,23)24/h5-11H,1-4H3,(H2,21,23,24). The highest BCUT2D eigenvalue weighted by molar-refractivity contribution is 7.89. The van der Waals surface area contributed by atoms with Crippen LogP contribution in [0, 0.1) is 13.8 Å². The molecule has 6 heteroatoms. The normalized spacial score (nSPS) is 16.7. The number of sulfonamides is 1. The van der Waals surface area contributed by atoms with Crippen LogP contribution in [-0.2, 0) is 19.6 Å². The van der Waals surface area contributed by atoms with Gasteiger partial charge in [-0.15, -0.1) is 0 Å². The summed E-state index contributed by atoms with van der Waals surface area (Å²) in [7, 11) is -3.78. The molecule has 0 saturated carbocycles. The van der Waals surface area contributed by atoms with E-state index in [4.69, 9.17) is 9.88 Å². The number of benzene rings is 2. The van der Waals surface area contributed by atoms with Crippen molar-refractivity contribution >= 4 is 27.1 Å². The second-order valence-corrected chi connectivity index (χ2v) is 8.58. The van der Waals surface area contributed by atoms with E-state index in [0.29, 0.717) is 16.9 Å². The fraction of sp³-hybridized carbons (Fsp3) is 0.250. The Hall–Kier alpha value is -2.44. The van der Waals surface area contributed by atoms with Crippen molar-refractivity contribution < 1.29 is 17.9 Å². The first-order valence-electron chi connectivity index (χ1n) is 8.19. The third-order valence-electron chi connectivity index (χ3n) is 4.60. The zero-order valence-corrected chi connectivity index (χ0v) is 16.0. The molecule has 0 amide bonds. The maximum Gasteiger partial charge on any atom is 0.238 e. The predicted octanol–water partition coefficient (Wildman–Crippen LogP) is 3.20. The van der Waals surface area contributed by atoms with Gasteiger partial charge in [0.05, 0.1) is 10.5 Å². The summed E-state index contributed by atoms with van der Waals surface area (Å²) >= 11 is 0. The molecule has 0 spiro atoms. The molecular formula is C20H21NO4S. The van der Waals surface area contributed by atoms with E-state index in [2.05, 4.69) is 0 Å². The van der Waals surface area contributed by atoms with E-state index in [9.17, 15) is 13.2 Å². The van der Waals surface area contributed by atoms with Gasteiger partial charge < -0.3 is 4.74 Å². The molecule has 5 nitrogen and oxygen atoms in total. The van der Waals surface area contributed by atoms with Gasteiger partial charge in [-0.05, 0) is 68.7 Å². The number of ether oxygens (including phenoxy) is 1. The smallest absolute Gasteiger partial charge is 0.238 e. The molecule has 2 aromatic rings. The first kappa shape index (κ1) is 18.4. The molecule has 0 fully saturated rings. The Morgan fingerprint density at radius 3 is 2.04 bits per heavy atom. The number of carbonyl (C=O) groups excluding carboxylic acids is 1. The lowest BCUT2D eigenvalue weighted by atomic mass is 9.91. The molecule has 26 heavy (non-hydrogen) atoms. The van der Waals surface area contributed by atoms with Gasteiger partial charge in [0.15, 0.2) is 5.60 Å². The van der Waals surface area contributed by atoms with Gasteiger partial charge in [-0.2, -0.15) is 0 Å². The van der Waals surface area contributed by atoms with Gasteiger partial charge in [-0.3, -0.25) is 4.79 Å². The highest BCUT2D eigenvalue weighted by Crippen LogP contribution is 2.41. The first-order valence-corrected chi connectivity index (χ1v) is 9.74. The van der Waals surface area contributed by atoms with E-state index in [1.54, 1.807) is 26.0 Å². The van der Waals surface area contributed by atoms with Crippen molar-refractivity contribution in [2.75, 3.05) is 0 Å². The average Bonchev–Trinajstić information content (AvgIpc) is 2.80. The van der Waals surface area contributed by atoms with Gasteiger partial charge in [0.1, 0.15) is 5.76 Å². The first-order chi connectivity index (χ1) is 12.0. The lowest BCUT2D eigenvalue weighted by Crippen LogP contribution is -2.29. The Bertz CT molecular complexity index is 1030. The molecule has 0 radical (unpaired) electrons. The van der Waals surface area contributed by atoms with Gasteiger partial charge in [-0.25, -0.2) is 13.6 Å². The van der Waals surface area contributed by atoms with E-state index < -0.39 is 15.6 Å². The highest BCUT2D eigenvalue weighted by Gasteiger charge is 2.42. The summed E-state index contributed by atoms with van der Waals surface area (Å²) in [5, 5.41) is 5.15. The molecule has 0 atom stereocenters. The molecular weight excluding hydrogens is 350 g/mol. The van der Waals surface area contributed by atoms with E-state index in [1.807, 2.05) is 32.0 Å². The van der Waals surface area contributed by atoms with Crippen LogP contribution in [0.4, 0.5) is 0 Å². The largest absolute Gasteiger partial charge is 0.478 e. The van der Waals surface area contributed by atoms with Gasteiger partial charge in [0.2, 0.25) is 15.8 Å². The summed E-state index contributed by atoms with van der Waals surface area (Å²) in [6.07, 6.45) is 0. The minimum absolute atomic E-state index is 0.0122. The zero-order valence-electron chi connectivity index (χ0n) is 15.2. The minimum Gasteiger partial charge on any atom is -0.478 e. The molecule has 1 heterocycles. The molecule has 1 aliphatic rings. The Kier molecular flexibility index (Phi) is 4.29. The van der Waals surface area contributed by atoms with E-state index in [0.717, 1.165) is 16.7 Å². The Balaban J connectivity index is 2.18. The maximum atomic E-state index is 12.9. The molecule has 3 rings (SSSR count). The highest BCUT2D eigenvalue weighted by atomic mass is 32.2. The number of hydrogen-bond acceptors (Lipinski definition) is 4. The Morgan fingerprint density at radius 2 is 1.50 bits per heavy atom. The molecule has 1 aliphatic heterocycles. The summed E-state index contributed by atoms with van der Waals surface area (Å²) in [4.78, 5) is 12.9. The Labute approximate surface area is 153 Å². The molecule has 0 unspecified atom stereocenters. The molecule has 0 saturated heterocycles. The fourth-order valence-corrected chi connectivity index (χ4v) is 3.43. The van der Waals surface area contributed by atoms with E-state index in [-0.39, 0.29) is 10.7 Å². The van der Waals surface area contributed by atoms with Gasteiger partial charge >= 0.3 is 0 Å². The molecule has 2 N–H and O–H groups in total. The van der Waals surface area contributed by atoms with Crippen molar-refractivity contribution in [2.45, 2.75) is 38.2 Å². The maximum absolute atomic E-state index is 12.9. The van der Waals surface area contributed by atoms with Crippen LogP contribution in [0.1, 0.15) is 36.1 Å². The van der Waals surface area contributed by atoms with Crippen LogP contribution in [0.2, 0.25) is 0 Å². The number of nitrogens with two attached hydrogens (primary N) is 1. The number of ketones is 1. The summed E-state index contributed by atoms with van der Waals surface area (Å²) in [6, 6.07) is 11.9. The number of hydrogen-bond donors (Lipinski definition) is 1. The van der Waals surface area contributed by atoms with Crippen LogP contribution in [0.5, 0.6) is 0 Å². The van der Waals surface area contributed by atoms with Crippen molar-refractivity contribution in [1.29, 1.82) is 0 Å². The van der Waals surface area contributed by atoms with Crippen LogP contribution in [0.25, 0.3) is 11.3 Å². The third-order valence-corrected chi connectivity index (χ3v) is 5.53. The lowest BCUT2D eigenvalue weighted by Gasteiger charge is -2.17. The van der Waals surface area contributed by atoms with E-state index in [1.165, 1.54) is 12.1 Å². The number of primary sulfonamides is 1. The number of rotatable bonds is 3. The summed E-state index contributed by atoms with van der Waals surface area (Å²) in [5.41, 5.74) is 3.15. The number of Topliss-reactive ketones (excluding diaryl/α,β-unsaturated/α-hetero) is 1. The number of carbonyl (C=O) groups is 1. The third kappa shape index (κ3) is 3.18. The van der Waals surface area contributed by atoms with Crippen molar-refractivity contribution in [3.05, 3.63) is 64.7 Å². The molecule has 136 valence electrons. The van der Waals surface area contributed by atoms with Gasteiger partial charge in [-0.1, -0.05) is 18.2 Å². The van der Waals surface area contributed by atoms with E-state index >= 15 is 0 Å². The van der Waals surface area contributed by atoms with Gasteiger partial charge in [0.25, 0.3) is 0 Å². The predicted molar refractivity (Wildman–Crippen MR) is 101 cm³/mol. The van der Waals surface area contributed by atoms with Gasteiger partial charge in [0, 0.05) is 5.56 Å². The Morgan fingerprint density at radius 1 is 0.923 bits per heavy atom. The lowest BCUT2D eigenvalue weighted by molar-refractivity contribution is -0.125. The quantitative estimate of drug-likeness (QED) is 0.898. The average molecular weight is 371 g/mol. The molecule has 2 aromatic carbocycles. The molecule has 0 aliphatic carbocycles. The molecule has 0 aromatic heterocycles. The second kappa shape index (κ2) is 6.07. The summed E-state index contributed by atoms with van der Waals surface area (Å²) in [6.45, 7) is 7.45. The zero-order chi connectivity index (χ0) is 19.3. The number of aryl methyl sites for hydroxylation is 2. The van der Waals surface area contributed by atoms with Crippen molar-refractivity contribution in [3.63, 3.8) is 0 Å². The van der Waals surface area contributed by atoms with Crippen LogP contribution in [0.3, 0.4) is 0 Å². The summed E-state index contributed by atoms with van der Waals surface area (Å²) < 4.78 is 28.9. The van der Waals surface area contributed by atoms with Crippen molar-refractivity contribution in [1.82, 2.24) is 0 Å². The fourth-order valence-electron chi connectivity index (χ4n) is 2.92. The summed E-state index contributed by atoms with van der Waals surface area (Å²) in [5.74, 6) is 0.343. The SMILES string of the molecule is Cc1ccc(C2=C(c3ccc(S(N)(=O)=O)cc3)OC(C)(C)C2=O)cc1C. The molecule has 0 bridgehead atoms. The van der Waals surface area contributed by atoms with Crippen LogP contribution < -0.4 is 5.14 Å². The minimum atomic E-state index is -3.78. The van der Waals surface area contributed by atoms with Crippen LogP contribution in [-0.4, -0.2) is 19.8 Å². The van der Waals surface area contributed by atoms with Crippen LogP contribution in [0.15, 0.2) is 47.4 Å². The monoisotopic (exact) mass is 371 g/mol.